The molecule has 0 aliphatic carbocycles. The SMILES string of the molecule is Cc1nn(C)c(C)c1CCNC(=O)N1CCC(Oc2cccnc2)C1. The molecule has 0 saturated carbocycles. The van der Waals surface area contributed by atoms with Crippen LogP contribution in [0.25, 0.3) is 0 Å². The number of carbonyl (C=O) groups is 1. The molecule has 1 saturated heterocycles. The summed E-state index contributed by atoms with van der Waals surface area (Å²) in [7, 11) is 1.94. The van der Waals surface area contributed by atoms with Gasteiger partial charge in [0, 0.05) is 38.4 Å². The quantitative estimate of drug-likeness (QED) is 0.899. The number of hydrogen-bond acceptors (Lipinski definition) is 4. The molecule has 2 aromatic rings. The number of pyridine rings is 1. The third-order valence-corrected chi connectivity index (χ3v) is 4.68. The van der Waals surface area contributed by atoms with Gasteiger partial charge in [-0.3, -0.25) is 9.67 Å². The fraction of sp³-hybridized carbons (Fsp3) is 0.500. The van der Waals surface area contributed by atoms with E-state index in [0.29, 0.717) is 19.6 Å². The molecule has 1 fully saturated rings. The summed E-state index contributed by atoms with van der Waals surface area (Å²) >= 11 is 0. The molecule has 0 bridgehead atoms. The Morgan fingerprint density at radius 3 is 2.96 bits per heavy atom. The minimum Gasteiger partial charge on any atom is -0.487 e. The molecular weight excluding hydrogens is 318 g/mol. The van der Waals surface area contributed by atoms with E-state index in [1.807, 2.05) is 35.7 Å². The van der Waals surface area contributed by atoms with Crippen LogP contribution in [0.3, 0.4) is 0 Å². The van der Waals surface area contributed by atoms with Crippen molar-refractivity contribution in [3.8, 4) is 5.75 Å². The predicted octanol–water partition coefficient (Wildman–Crippen LogP) is 1.84. The molecule has 2 aromatic heterocycles. The number of urea groups is 1. The lowest BCUT2D eigenvalue weighted by Gasteiger charge is -2.18. The molecule has 134 valence electrons. The van der Waals surface area contributed by atoms with Crippen molar-refractivity contribution in [3.05, 3.63) is 41.5 Å². The number of carbonyl (C=O) groups excluding carboxylic acids is 1. The molecule has 1 aliphatic heterocycles. The first-order chi connectivity index (χ1) is 12.0. The zero-order valence-corrected chi connectivity index (χ0v) is 15.0. The normalized spacial score (nSPS) is 16.9. The van der Waals surface area contributed by atoms with Crippen LogP contribution in [0.2, 0.25) is 0 Å². The largest absolute Gasteiger partial charge is 0.487 e. The highest BCUT2D eigenvalue weighted by molar-refractivity contribution is 5.74. The van der Waals surface area contributed by atoms with Crippen LogP contribution in [-0.2, 0) is 13.5 Å². The van der Waals surface area contributed by atoms with Gasteiger partial charge in [-0.2, -0.15) is 5.10 Å². The van der Waals surface area contributed by atoms with Gasteiger partial charge in [-0.05, 0) is 38.0 Å². The van der Waals surface area contributed by atoms with Crippen LogP contribution in [0, 0.1) is 13.8 Å². The van der Waals surface area contributed by atoms with Gasteiger partial charge in [0.15, 0.2) is 0 Å². The fourth-order valence-corrected chi connectivity index (χ4v) is 3.20. The van der Waals surface area contributed by atoms with Crippen LogP contribution in [0.1, 0.15) is 23.4 Å². The van der Waals surface area contributed by atoms with E-state index >= 15 is 0 Å². The summed E-state index contributed by atoms with van der Waals surface area (Å²) < 4.78 is 7.75. The van der Waals surface area contributed by atoms with Gasteiger partial charge in [0.05, 0.1) is 18.4 Å². The minimum absolute atomic E-state index is 0.0257. The van der Waals surface area contributed by atoms with E-state index in [1.165, 1.54) is 5.56 Å². The van der Waals surface area contributed by atoms with Crippen molar-refractivity contribution in [1.29, 1.82) is 0 Å². The minimum atomic E-state index is -0.0310. The maximum atomic E-state index is 12.3. The van der Waals surface area contributed by atoms with E-state index in [9.17, 15) is 4.79 Å². The molecule has 0 aromatic carbocycles. The molecule has 7 heteroatoms. The van der Waals surface area contributed by atoms with Crippen molar-refractivity contribution in [2.24, 2.45) is 7.05 Å². The van der Waals surface area contributed by atoms with Gasteiger partial charge in [-0.15, -0.1) is 0 Å². The zero-order valence-electron chi connectivity index (χ0n) is 15.0. The van der Waals surface area contributed by atoms with Gasteiger partial charge in [0.2, 0.25) is 0 Å². The number of hydrogen-bond donors (Lipinski definition) is 1. The Kier molecular flexibility index (Phi) is 5.21. The first-order valence-electron chi connectivity index (χ1n) is 8.63. The number of nitrogens with zero attached hydrogens (tertiary/aromatic N) is 4. The highest BCUT2D eigenvalue weighted by Crippen LogP contribution is 2.17. The Bertz CT molecular complexity index is 729. The number of rotatable bonds is 5. The van der Waals surface area contributed by atoms with E-state index in [2.05, 4.69) is 22.3 Å². The molecule has 7 nitrogen and oxygen atoms in total. The molecule has 1 atom stereocenters. The number of aryl methyl sites for hydroxylation is 2. The summed E-state index contributed by atoms with van der Waals surface area (Å²) in [6, 6.07) is 3.70. The lowest BCUT2D eigenvalue weighted by atomic mass is 10.1. The highest BCUT2D eigenvalue weighted by atomic mass is 16.5. The van der Waals surface area contributed by atoms with Crippen LogP contribution in [0.15, 0.2) is 24.5 Å². The predicted molar refractivity (Wildman–Crippen MR) is 94.6 cm³/mol. The highest BCUT2D eigenvalue weighted by Gasteiger charge is 2.27. The van der Waals surface area contributed by atoms with Crippen LogP contribution >= 0.6 is 0 Å². The van der Waals surface area contributed by atoms with Gasteiger partial charge in [0.25, 0.3) is 0 Å². The lowest BCUT2D eigenvalue weighted by molar-refractivity contribution is 0.187. The summed E-state index contributed by atoms with van der Waals surface area (Å²) in [4.78, 5) is 18.2. The molecule has 1 unspecified atom stereocenters. The van der Waals surface area contributed by atoms with Gasteiger partial charge in [0.1, 0.15) is 11.9 Å². The summed E-state index contributed by atoms with van der Waals surface area (Å²) in [5, 5.41) is 7.41. The molecule has 25 heavy (non-hydrogen) atoms. The Labute approximate surface area is 148 Å². The molecule has 1 aliphatic rings. The first-order valence-corrected chi connectivity index (χ1v) is 8.63. The van der Waals surface area contributed by atoms with Crippen LogP contribution in [0.4, 0.5) is 4.79 Å². The van der Waals surface area contributed by atoms with E-state index in [1.54, 1.807) is 12.4 Å². The Morgan fingerprint density at radius 2 is 2.28 bits per heavy atom. The lowest BCUT2D eigenvalue weighted by Crippen LogP contribution is -2.40. The van der Waals surface area contributed by atoms with Crippen molar-refractivity contribution in [2.45, 2.75) is 32.8 Å². The average Bonchev–Trinajstić information content (AvgIpc) is 3.15. The average molecular weight is 343 g/mol. The topological polar surface area (TPSA) is 72.3 Å². The number of nitrogens with one attached hydrogen (secondary N) is 1. The van der Waals surface area contributed by atoms with Gasteiger partial charge in [-0.25, -0.2) is 4.79 Å². The number of aromatic nitrogens is 3. The maximum Gasteiger partial charge on any atom is 0.317 e. The third-order valence-electron chi connectivity index (χ3n) is 4.68. The van der Waals surface area contributed by atoms with Gasteiger partial charge < -0.3 is 15.0 Å². The van der Waals surface area contributed by atoms with Crippen LogP contribution < -0.4 is 10.1 Å². The summed E-state index contributed by atoms with van der Waals surface area (Å²) in [6.45, 7) is 5.98. The van der Waals surface area contributed by atoms with E-state index in [4.69, 9.17) is 4.74 Å². The Hall–Kier alpha value is -2.57. The van der Waals surface area contributed by atoms with Crippen molar-refractivity contribution >= 4 is 6.03 Å². The van der Waals surface area contributed by atoms with E-state index < -0.39 is 0 Å². The van der Waals surface area contributed by atoms with E-state index in [-0.39, 0.29) is 12.1 Å². The third kappa shape index (κ3) is 4.10. The molecule has 1 N–H and O–H groups in total. The van der Waals surface area contributed by atoms with Crippen molar-refractivity contribution in [3.63, 3.8) is 0 Å². The maximum absolute atomic E-state index is 12.3. The Morgan fingerprint density at radius 1 is 1.44 bits per heavy atom. The standard InChI is InChI=1S/C18H25N5O2/c1-13-17(14(2)22(3)21-13)6-9-20-18(24)23-10-7-16(12-23)25-15-5-4-8-19-11-15/h4-5,8,11,16H,6-7,9-10,12H2,1-3H3,(H,20,24). The molecule has 0 spiro atoms. The number of ether oxygens (including phenoxy) is 1. The molecule has 3 rings (SSSR count). The van der Waals surface area contributed by atoms with Gasteiger partial charge in [-0.1, -0.05) is 0 Å². The second-order valence-corrected chi connectivity index (χ2v) is 6.42. The smallest absolute Gasteiger partial charge is 0.317 e. The van der Waals surface area contributed by atoms with Gasteiger partial charge >= 0.3 is 6.03 Å². The molecule has 3 heterocycles. The summed E-state index contributed by atoms with van der Waals surface area (Å²) in [6.07, 6.45) is 5.07. The molecular formula is C18H25N5O2. The van der Waals surface area contributed by atoms with Crippen LogP contribution in [-0.4, -0.2) is 51.4 Å². The van der Waals surface area contributed by atoms with Crippen molar-refractivity contribution in [2.75, 3.05) is 19.6 Å². The van der Waals surface area contributed by atoms with Crippen LogP contribution in [0.5, 0.6) is 5.75 Å². The van der Waals surface area contributed by atoms with E-state index in [0.717, 1.165) is 30.0 Å². The monoisotopic (exact) mass is 343 g/mol. The second kappa shape index (κ2) is 7.55. The number of likely N-dealkylation sites (tertiary alicyclic amines) is 1. The first kappa shape index (κ1) is 17.3. The number of amides is 2. The summed E-state index contributed by atoms with van der Waals surface area (Å²) in [5.41, 5.74) is 3.39. The molecule has 0 radical (unpaired) electrons. The Balaban J connectivity index is 1.45. The molecule has 2 amide bonds. The fourth-order valence-electron chi connectivity index (χ4n) is 3.20. The zero-order chi connectivity index (χ0) is 17.8. The summed E-state index contributed by atoms with van der Waals surface area (Å²) in [5.74, 6) is 0.747. The second-order valence-electron chi connectivity index (χ2n) is 6.42. The van der Waals surface area contributed by atoms with Crippen molar-refractivity contribution < 1.29 is 9.53 Å². The van der Waals surface area contributed by atoms with Crippen molar-refractivity contribution in [1.82, 2.24) is 25.0 Å².